The Morgan fingerprint density at radius 1 is 1.15 bits per heavy atom. The van der Waals surface area contributed by atoms with Gasteiger partial charge in [-0.2, -0.15) is 0 Å². The first-order valence-electron chi connectivity index (χ1n) is 7.85. The van der Waals surface area contributed by atoms with Crippen LogP contribution in [0.15, 0.2) is 36.7 Å². The fourth-order valence-corrected chi connectivity index (χ4v) is 3.17. The largest absolute Gasteiger partial charge is 0.368 e. The zero-order valence-electron chi connectivity index (χ0n) is 14.1. The van der Waals surface area contributed by atoms with E-state index in [4.69, 9.17) is 0 Å². The lowest BCUT2D eigenvalue weighted by molar-refractivity contribution is 0.0960. The molecule has 0 fully saturated rings. The van der Waals surface area contributed by atoms with Crippen molar-refractivity contribution in [2.45, 2.75) is 12.8 Å². The highest BCUT2D eigenvalue weighted by Gasteiger charge is 2.14. The number of amides is 1. The van der Waals surface area contributed by atoms with E-state index in [0.29, 0.717) is 40.6 Å². The van der Waals surface area contributed by atoms with Gasteiger partial charge in [0.25, 0.3) is 5.91 Å². The van der Waals surface area contributed by atoms with Gasteiger partial charge in [-0.05, 0) is 6.42 Å². The summed E-state index contributed by atoms with van der Waals surface area (Å²) in [7, 11) is 1.56. The van der Waals surface area contributed by atoms with Crippen LogP contribution in [0.2, 0.25) is 0 Å². The first-order valence-corrected chi connectivity index (χ1v) is 8.66. The zero-order valence-corrected chi connectivity index (χ0v) is 15.7. The van der Waals surface area contributed by atoms with Gasteiger partial charge in [-0.25, -0.2) is 15.0 Å². The van der Waals surface area contributed by atoms with Gasteiger partial charge in [-0.3, -0.25) is 9.59 Å². The normalized spacial score (nSPS) is 10.2. The Morgan fingerprint density at radius 3 is 2.65 bits per heavy atom. The van der Waals surface area contributed by atoms with Gasteiger partial charge in [-0.15, -0.1) is 12.4 Å². The van der Waals surface area contributed by atoms with Crippen LogP contribution < -0.4 is 10.6 Å². The first-order chi connectivity index (χ1) is 12.2. The van der Waals surface area contributed by atoms with E-state index in [1.54, 1.807) is 7.05 Å². The van der Waals surface area contributed by atoms with Gasteiger partial charge in [-0.1, -0.05) is 41.7 Å². The van der Waals surface area contributed by atoms with Gasteiger partial charge in [0, 0.05) is 25.6 Å². The number of carbonyl (C=O) groups excluding carboxylic acids is 2. The van der Waals surface area contributed by atoms with E-state index in [2.05, 4.69) is 25.6 Å². The van der Waals surface area contributed by atoms with Crippen LogP contribution in [0.4, 0.5) is 5.82 Å². The summed E-state index contributed by atoms with van der Waals surface area (Å²) in [6.45, 7) is 0.581. The highest BCUT2D eigenvalue weighted by molar-refractivity contribution is 7.19. The third kappa shape index (κ3) is 4.53. The Labute approximate surface area is 160 Å². The molecule has 2 aromatic heterocycles. The average molecular weight is 392 g/mol. The molecule has 1 amide bonds. The van der Waals surface area contributed by atoms with Crippen molar-refractivity contribution in [2.24, 2.45) is 0 Å². The van der Waals surface area contributed by atoms with Gasteiger partial charge < -0.3 is 10.6 Å². The summed E-state index contributed by atoms with van der Waals surface area (Å²) in [5, 5.41) is 6.07. The Morgan fingerprint density at radius 2 is 1.92 bits per heavy atom. The lowest BCUT2D eigenvalue weighted by atomic mass is 10.1. The Bertz CT molecular complexity index is 901. The number of hydrogen-bond donors (Lipinski definition) is 2. The second-order valence-corrected chi connectivity index (χ2v) is 6.27. The van der Waals surface area contributed by atoms with Gasteiger partial charge in [0.15, 0.2) is 16.6 Å². The third-order valence-corrected chi connectivity index (χ3v) is 4.55. The molecule has 26 heavy (non-hydrogen) atoms. The number of thiazole rings is 1. The summed E-state index contributed by atoms with van der Waals surface area (Å²) in [4.78, 5) is 37.0. The quantitative estimate of drug-likeness (QED) is 0.474. The molecule has 0 aliphatic rings. The number of nitrogens with one attached hydrogen (secondary N) is 2. The molecule has 0 bridgehead atoms. The van der Waals surface area contributed by atoms with Gasteiger partial charge in [0.2, 0.25) is 0 Å². The number of nitrogens with zero attached hydrogens (tertiary/aromatic N) is 3. The number of Topliss-reactive ketones (excluding diaryl/α,β-unsaturated/α-hetero) is 1. The zero-order chi connectivity index (χ0) is 17.6. The molecule has 7 nitrogen and oxygen atoms in total. The van der Waals surface area contributed by atoms with Crippen molar-refractivity contribution >= 4 is 51.6 Å². The molecule has 136 valence electrons. The lowest BCUT2D eigenvalue weighted by Crippen LogP contribution is -2.17. The molecule has 0 unspecified atom stereocenters. The maximum Gasteiger partial charge on any atom is 0.280 e. The standard InChI is InChI=1S/C17H17N5O2S.ClH/c1-18-15(24)17-22-13-14(20-10-21-16(13)25-17)19-9-5-8-12(23)11-6-3-2-4-7-11;/h2-4,6-7,10H,5,8-9H2,1H3,(H,18,24)(H,19,20,21);1H. The number of benzene rings is 1. The summed E-state index contributed by atoms with van der Waals surface area (Å²) in [5.74, 6) is 0.441. The van der Waals surface area contributed by atoms with E-state index in [-0.39, 0.29) is 24.1 Å². The Hall–Kier alpha value is -2.58. The van der Waals surface area contributed by atoms with Crippen molar-refractivity contribution in [1.82, 2.24) is 20.3 Å². The van der Waals surface area contributed by atoms with Crippen molar-refractivity contribution in [3.05, 3.63) is 47.2 Å². The van der Waals surface area contributed by atoms with E-state index in [1.165, 1.54) is 17.7 Å². The molecule has 0 radical (unpaired) electrons. The fraction of sp³-hybridized carbons (Fsp3) is 0.235. The van der Waals surface area contributed by atoms with Crippen molar-refractivity contribution < 1.29 is 9.59 Å². The highest BCUT2D eigenvalue weighted by Crippen LogP contribution is 2.24. The molecule has 0 aliphatic heterocycles. The topological polar surface area (TPSA) is 96.9 Å². The molecule has 3 aromatic rings. The minimum absolute atomic E-state index is 0. The summed E-state index contributed by atoms with van der Waals surface area (Å²) in [5.41, 5.74) is 1.29. The summed E-state index contributed by atoms with van der Waals surface area (Å²) >= 11 is 1.22. The van der Waals surface area contributed by atoms with Crippen molar-refractivity contribution in [1.29, 1.82) is 0 Å². The number of hydrogen-bond acceptors (Lipinski definition) is 7. The first kappa shape index (κ1) is 19.7. The van der Waals surface area contributed by atoms with E-state index in [1.807, 2.05) is 30.3 Å². The molecule has 2 N–H and O–H groups in total. The fourth-order valence-electron chi connectivity index (χ4n) is 2.31. The van der Waals surface area contributed by atoms with Crippen LogP contribution in [0.1, 0.15) is 33.0 Å². The molecule has 0 atom stereocenters. The number of ketones is 1. The lowest BCUT2D eigenvalue weighted by Gasteiger charge is -2.05. The Kier molecular flexibility index (Phi) is 6.99. The van der Waals surface area contributed by atoms with Crippen molar-refractivity contribution in [2.75, 3.05) is 18.9 Å². The molecule has 3 rings (SSSR count). The average Bonchev–Trinajstić information content (AvgIpc) is 3.10. The van der Waals surface area contributed by atoms with E-state index >= 15 is 0 Å². The molecule has 9 heteroatoms. The van der Waals surface area contributed by atoms with Crippen LogP contribution in [0.3, 0.4) is 0 Å². The highest BCUT2D eigenvalue weighted by atomic mass is 35.5. The number of aromatic nitrogens is 3. The number of anilines is 1. The number of rotatable bonds is 7. The molecule has 0 spiro atoms. The second-order valence-electron chi connectivity index (χ2n) is 5.29. The van der Waals surface area contributed by atoms with Crippen LogP contribution in [0.25, 0.3) is 10.3 Å². The maximum atomic E-state index is 12.1. The van der Waals surface area contributed by atoms with Crippen LogP contribution in [-0.4, -0.2) is 40.2 Å². The molecule has 1 aromatic carbocycles. The maximum absolute atomic E-state index is 12.1. The monoisotopic (exact) mass is 391 g/mol. The molecule has 0 aliphatic carbocycles. The van der Waals surface area contributed by atoms with Crippen LogP contribution >= 0.6 is 23.7 Å². The number of halogens is 1. The number of fused-ring (bicyclic) bond motifs is 1. The van der Waals surface area contributed by atoms with Crippen molar-refractivity contribution in [3.63, 3.8) is 0 Å². The minimum Gasteiger partial charge on any atom is -0.368 e. The minimum atomic E-state index is -0.248. The predicted molar refractivity (Wildman–Crippen MR) is 104 cm³/mol. The Balaban J connectivity index is 0.00000243. The van der Waals surface area contributed by atoms with Crippen molar-refractivity contribution in [3.8, 4) is 0 Å². The summed E-state index contributed by atoms with van der Waals surface area (Å²) in [6.07, 6.45) is 2.56. The van der Waals surface area contributed by atoms with Crippen LogP contribution in [0.5, 0.6) is 0 Å². The summed E-state index contributed by atoms with van der Waals surface area (Å²) < 4.78 is 0. The van der Waals surface area contributed by atoms with E-state index in [0.717, 1.165) is 5.56 Å². The van der Waals surface area contributed by atoms with Gasteiger partial charge in [0.05, 0.1) is 0 Å². The van der Waals surface area contributed by atoms with E-state index in [9.17, 15) is 9.59 Å². The summed E-state index contributed by atoms with van der Waals surface area (Å²) in [6, 6.07) is 9.24. The molecular weight excluding hydrogens is 374 g/mol. The second kappa shape index (κ2) is 9.21. The number of carbonyl (C=O) groups is 2. The van der Waals surface area contributed by atoms with Gasteiger partial charge >= 0.3 is 0 Å². The predicted octanol–water partition coefficient (Wildman–Crippen LogP) is 2.94. The van der Waals surface area contributed by atoms with Gasteiger partial charge in [0.1, 0.15) is 16.7 Å². The molecule has 2 heterocycles. The molecular formula is C17H18ClN5O2S. The SMILES string of the molecule is CNC(=O)c1nc2c(NCCCC(=O)c3ccccc3)ncnc2s1.Cl. The third-order valence-electron chi connectivity index (χ3n) is 3.59. The van der Waals surface area contributed by atoms with Crippen LogP contribution in [0, 0.1) is 0 Å². The molecule has 0 saturated carbocycles. The van der Waals surface area contributed by atoms with Crippen LogP contribution in [-0.2, 0) is 0 Å². The smallest absolute Gasteiger partial charge is 0.280 e. The molecule has 0 saturated heterocycles. The van der Waals surface area contributed by atoms with E-state index < -0.39 is 0 Å².